The van der Waals surface area contributed by atoms with Crippen molar-refractivity contribution in [3.05, 3.63) is 88.5 Å². The van der Waals surface area contributed by atoms with Gasteiger partial charge in [-0.05, 0) is 36.0 Å². The van der Waals surface area contributed by atoms with Crippen LogP contribution in [0.2, 0.25) is 0 Å². The molecule has 2 aliphatic rings. The molecule has 0 aliphatic heterocycles. The van der Waals surface area contributed by atoms with Gasteiger partial charge in [0.2, 0.25) is 5.91 Å². The van der Waals surface area contributed by atoms with E-state index in [9.17, 15) is 9.59 Å². The van der Waals surface area contributed by atoms with Crippen molar-refractivity contribution in [1.29, 1.82) is 0 Å². The largest absolute Gasteiger partial charge is 0.352 e. The maximum absolute atomic E-state index is 13.1. The van der Waals surface area contributed by atoms with Crippen LogP contribution in [0.25, 0.3) is 10.9 Å². The minimum Gasteiger partial charge on any atom is -0.352 e. The van der Waals surface area contributed by atoms with Gasteiger partial charge in [-0.15, -0.1) is 0 Å². The summed E-state index contributed by atoms with van der Waals surface area (Å²) in [4.78, 5) is 33.3. The third kappa shape index (κ3) is 2.83. The average molecular weight is 371 g/mol. The van der Waals surface area contributed by atoms with Gasteiger partial charge in [-0.2, -0.15) is 0 Å². The van der Waals surface area contributed by atoms with Crippen LogP contribution in [0.5, 0.6) is 0 Å². The molecular weight excluding hydrogens is 350 g/mol. The van der Waals surface area contributed by atoms with Crippen LogP contribution in [0.15, 0.2) is 71.5 Å². The fourth-order valence-corrected chi connectivity index (χ4v) is 4.72. The molecule has 1 fully saturated rings. The van der Waals surface area contributed by atoms with Gasteiger partial charge in [0.15, 0.2) is 0 Å². The summed E-state index contributed by atoms with van der Waals surface area (Å²) in [6.07, 6.45) is 5.25. The van der Waals surface area contributed by atoms with Crippen LogP contribution in [0, 0.1) is 17.8 Å². The molecule has 140 valence electrons. The van der Waals surface area contributed by atoms with Crippen LogP contribution in [-0.4, -0.2) is 15.9 Å². The smallest absolute Gasteiger partial charge is 0.258 e. The number of amides is 1. The second kappa shape index (κ2) is 6.75. The van der Waals surface area contributed by atoms with Crippen LogP contribution in [-0.2, 0) is 11.3 Å². The summed E-state index contributed by atoms with van der Waals surface area (Å²) >= 11 is 0. The number of carbonyl (C=O) groups excluding carboxylic acids is 1. The Morgan fingerprint density at radius 3 is 2.64 bits per heavy atom. The highest BCUT2D eigenvalue weighted by atomic mass is 16.2. The number of allylic oxidation sites excluding steroid dienone is 2. The molecule has 5 rings (SSSR count). The number of aromatic nitrogens is 2. The van der Waals surface area contributed by atoms with Crippen LogP contribution in [0.4, 0.5) is 0 Å². The number of hydrogen-bond donors (Lipinski definition) is 2. The zero-order valence-corrected chi connectivity index (χ0v) is 15.3. The number of para-hydroxylation sites is 1. The zero-order chi connectivity index (χ0) is 19.1. The highest BCUT2D eigenvalue weighted by Crippen LogP contribution is 2.52. The van der Waals surface area contributed by atoms with E-state index in [1.807, 2.05) is 48.5 Å². The van der Waals surface area contributed by atoms with Crippen molar-refractivity contribution in [3.63, 3.8) is 0 Å². The average Bonchev–Trinajstić information content (AvgIpc) is 3.34. The van der Waals surface area contributed by atoms with Gasteiger partial charge in [0, 0.05) is 12.5 Å². The Balaban J connectivity index is 1.45. The van der Waals surface area contributed by atoms with Crippen molar-refractivity contribution in [3.8, 4) is 0 Å². The molecule has 28 heavy (non-hydrogen) atoms. The number of benzene rings is 2. The SMILES string of the molecule is O=C(NCc1ccccc1)[C@H]1[C@@H](c2nc3ccccc3c(=O)[nH]2)[C@H]2C=C[C@H]1C2. The molecule has 2 bridgehead atoms. The van der Waals surface area contributed by atoms with E-state index in [0.717, 1.165) is 12.0 Å². The van der Waals surface area contributed by atoms with E-state index in [2.05, 4.69) is 22.5 Å². The van der Waals surface area contributed by atoms with E-state index in [-0.39, 0.29) is 35.1 Å². The molecule has 0 saturated heterocycles. The molecule has 1 amide bonds. The molecule has 2 aliphatic carbocycles. The monoisotopic (exact) mass is 371 g/mol. The first-order chi connectivity index (χ1) is 13.7. The molecule has 4 atom stereocenters. The topological polar surface area (TPSA) is 74.8 Å². The Labute approximate surface area is 162 Å². The minimum absolute atomic E-state index is 0.0292. The highest BCUT2D eigenvalue weighted by Gasteiger charge is 2.49. The molecule has 5 nitrogen and oxygen atoms in total. The van der Waals surface area contributed by atoms with Gasteiger partial charge in [-0.1, -0.05) is 54.6 Å². The predicted molar refractivity (Wildman–Crippen MR) is 108 cm³/mol. The Morgan fingerprint density at radius 2 is 1.79 bits per heavy atom. The molecule has 2 aromatic carbocycles. The molecule has 1 heterocycles. The van der Waals surface area contributed by atoms with Crippen LogP contribution < -0.4 is 10.9 Å². The summed E-state index contributed by atoms with van der Waals surface area (Å²) in [5, 5.41) is 3.66. The molecule has 3 aromatic rings. The van der Waals surface area contributed by atoms with Crippen LogP contribution >= 0.6 is 0 Å². The quantitative estimate of drug-likeness (QED) is 0.692. The molecular formula is C23H21N3O2. The minimum atomic E-state index is -0.206. The third-order valence-corrected chi connectivity index (χ3v) is 6.02. The number of carbonyl (C=O) groups is 1. The molecule has 1 aromatic heterocycles. The van der Waals surface area contributed by atoms with Crippen LogP contribution in [0.1, 0.15) is 23.7 Å². The number of H-pyrrole nitrogens is 1. The first-order valence-electron chi connectivity index (χ1n) is 9.69. The summed E-state index contributed by atoms with van der Waals surface area (Å²) in [5.74, 6) is 0.789. The Hall–Kier alpha value is -3.21. The summed E-state index contributed by atoms with van der Waals surface area (Å²) < 4.78 is 0. The lowest BCUT2D eigenvalue weighted by atomic mass is 9.81. The number of nitrogens with one attached hydrogen (secondary N) is 2. The molecule has 2 N–H and O–H groups in total. The van der Waals surface area contributed by atoms with E-state index < -0.39 is 0 Å². The van der Waals surface area contributed by atoms with Gasteiger partial charge >= 0.3 is 0 Å². The Kier molecular flexibility index (Phi) is 4.08. The Morgan fingerprint density at radius 1 is 1.04 bits per heavy atom. The van der Waals surface area contributed by atoms with Gasteiger partial charge < -0.3 is 10.3 Å². The predicted octanol–water partition coefficient (Wildman–Crippen LogP) is 3.15. The summed E-state index contributed by atoms with van der Waals surface area (Å²) in [6.45, 7) is 0.506. The van der Waals surface area contributed by atoms with Gasteiger partial charge in [0.1, 0.15) is 5.82 Å². The number of hydrogen-bond acceptors (Lipinski definition) is 3. The fourth-order valence-electron chi connectivity index (χ4n) is 4.72. The molecule has 1 saturated carbocycles. The summed E-state index contributed by atoms with van der Waals surface area (Å²) in [5.41, 5.74) is 1.61. The number of aromatic amines is 1. The lowest BCUT2D eigenvalue weighted by Crippen LogP contribution is -2.37. The van der Waals surface area contributed by atoms with Crippen LogP contribution in [0.3, 0.4) is 0 Å². The van der Waals surface area contributed by atoms with Crippen molar-refractivity contribution in [2.45, 2.75) is 18.9 Å². The van der Waals surface area contributed by atoms with Crippen molar-refractivity contribution in [2.75, 3.05) is 0 Å². The van der Waals surface area contributed by atoms with E-state index in [4.69, 9.17) is 4.98 Å². The maximum atomic E-state index is 13.1. The van der Waals surface area contributed by atoms with Crippen molar-refractivity contribution in [2.24, 2.45) is 17.8 Å². The first kappa shape index (κ1) is 16.9. The number of rotatable bonds is 4. The van der Waals surface area contributed by atoms with E-state index >= 15 is 0 Å². The highest BCUT2D eigenvalue weighted by molar-refractivity contribution is 5.82. The Bertz CT molecular complexity index is 1120. The van der Waals surface area contributed by atoms with Gasteiger partial charge in [-0.25, -0.2) is 4.98 Å². The lowest BCUT2D eigenvalue weighted by molar-refractivity contribution is -0.126. The van der Waals surface area contributed by atoms with Crippen molar-refractivity contribution >= 4 is 16.8 Å². The van der Waals surface area contributed by atoms with Crippen molar-refractivity contribution < 1.29 is 4.79 Å². The molecule has 0 spiro atoms. The normalized spacial score (nSPS) is 25.3. The van der Waals surface area contributed by atoms with E-state index in [0.29, 0.717) is 23.3 Å². The maximum Gasteiger partial charge on any atom is 0.258 e. The zero-order valence-electron chi connectivity index (χ0n) is 15.3. The van der Waals surface area contributed by atoms with Gasteiger partial charge in [0.25, 0.3) is 5.56 Å². The number of nitrogens with zero attached hydrogens (tertiary/aromatic N) is 1. The van der Waals surface area contributed by atoms with E-state index in [1.165, 1.54) is 0 Å². The first-order valence-corrected chi connectivity index (χ1v) is 9.69. The fraction of sp³-hybridized carbons (Fsp3) is 0.261. The molecule has 0 radical (unpaired) electrons. The molecule has 0 unspecified atom stereocenters. The molecule has 5 heteroatoms. The van der Waals surface area contributed by atoms with Gasteiger partial charge in [-0.3, -0.25) is 9.59 Å². The number of fused-ring (bicyclic) bond motifs is 3. The van der Waals surface area contributed by atoms with E-state index in [1.54, 1.807) is 6.07 Å². The lowest BCUT2D eigenvalue weighted by Gasteiger charge is -2.26. The summed E-state index contributed by atoms with van der Waals surface area (Å²) in [7, 11) is 0. The summed E-state index contributed by atoms with van der Waals surface area (Å²) in [6, 6.07) is 17.2. The second-order valence-electron chi connectivity index (χ2n) is 7.67. The standard InChI is InChI=1S/C23H21N3O2/c27-22-17-8-4-5-9-18(17)25-21(26-22)19-15-10-11-16(12-15)20(19)23(28)24-13-14-6-2-1-3-7-14/h1-11,15-16,19-20H,12-13H2,(H,24,28)(H,25,26,27)/t15-,16-,19-,20+/m0/s1. The second-order valence-corrected chi connectivity index (χ2v) is 7.67. The van der Waals surface area contributed by atoms with Gasteiger partial charge in [0.05, 0.1) is 16.8 Å². The third-order valence-electron chi connectivity index (χ3n) is 6.02. The van der Waals surface area contributed by atoms with Crippen molar-refractivity contribution in [1.82, 2.24) is 15.3 Å².